The predicted molar refractivity (Wildman–Crippen MR) is 41.4 cm³/mol. The number of hydrogen-bond donors (Lipinski definition) is 1. The summed E-state index contributed by atoms with van der Waals surface area (Å²) < 4.78 is 12.7. The van der Waals surface area contributed by atoms with Crippen LogP contribution in [0, 0.1) is 5.82 Å². The van der Waals surface area contributed by atoms with Gasteiger partial charge in [-0.05, 0) is 5.38 Å². The monoisotopic (exact) mass is 157 g/mol. The minimum atomic E-state index is -0.369. The van der Waals surface area contributed by atoms with Gasteiger partial charge in [0.1, 0.15) is 5.82 Å². The Hall–Kier alpha value is -0.670. The smallest absolute Gasteiger partial charge is 0.138 e. The summed E-state index contributed by atoms with van der Waals surface area (Å²) in [6, 6.07) is -0.369. The van der Waals surface area contributed by atoms with Crippen molar-refractivity contribution in [2.75, 3.05) is 0 Å². The van der Waals surface area contributed by atoms with Gasteiger partial charge in [0.25, 0.3) is 0 Å². The Morgan fingerprint density at radius 2 is 2.40 bits per heavy atom. The molecule has 1 atom stereocenters. The van der Waals surface area contributed by atoms with E-state index in [2.05, 4.69) is 6.58 Å². The van der Waals surface area contributed by atoms with Gasteiger partial charge in [-0.25, -0.2) is 4.39 Å². The average molecular weight is 157 g/mol. The lowest BCUT2D eigenvalue weighted by molar-refractivity contribution is 0.609. The lowest BCUT2D eigenvalue weighted by Crippen LogP contribution is -2.06. The van der Waals surface area contributed by atoms with Gasteiger partial charge in [0, 0.05) is 10.9 Å². The molecule has 1 nitrogen and oxygen atoms in total. The van der Waals surface area contributed by atoms with Crippen molar-refractivity contribution in [3.05, 3.63) is 34.8 Å². The molecule has 0 radical (unpaired) electrons. The van der Waals surface area contributed by atoms with E-state index >= 15 is 0 Å². The first kappa shape index (κ1) is 7.44. The van der Waals surface area contributed by atoms with Gasteiger partial charge in [0.2, 0.25) is 0 Å². The molecule has 54 valence electrons. The van der Waals surface area contributed by atoms with Gasteiger partial charge >= 0.3 is 0 Å². The summed E-state index contributed by atoms with van der Waals surface area (Å²) in [5, 5.41) is 3.13. The van der Waals surface area contributed by atoms with Crippen LogP contribution in [-0.2, 0) is 0 Å². The van der Waals surface area contributed by atoms with Gasteiger partial charge in [-0.2, -0.15) is 0 Å². The zero-order chi connectivity index (χ0) is 7.56. The fraction of sp³-hybridized carbons (Fsp3) is 0.143. The number of nitrogens with two attached hydrogens (primary N) is 1. The molecular formula is C7H8FNS. The molecule has 0 unspecified atom stereocenters. The molecule has 0 aromatic carbocycles. The zero-order valence-corrected chi connectivity index (χ0v) is 6.20. The quantitative estimate of drug-likeness (QED) is 0.653. The second-order valence-corrected chi connectivity index (χ2v) is 2.68. The van der Waals surface area contributed by atoms with Crippen molar-refractivity contribution in [2.24, 2.45) is 5.73 Å². The first-order valence-corrected chi connectivity index (χ1v) is 3.79. The highest BCUT2D eigenvalue weighted by Gasteiger charge is 2.07. The van der Waals surface area contributed by atoms with E-state index in [-0.39, 0.29) is 11.9 Å². The second-order valence-electron chi connectivity index (χ2n) is 1.94. The van der Waals surface area contributed by atoms with Gasteiger partial charge in [-0.3, -0.25) is 0 Å². The largest absolute Gasteiger partial charge is 0.321 e. The van der Waals surface area contributed by atoms with Crippen LogP contribution in [0.3, 0.4) is 0 Å². The molecule has 0 fully saturated rings. The van der Waals surface area contributed by atoms with Crippen LogP contribution in [0.15, 0.2) is 23.4 Å². The zero-order valence-electron chi connectivity index (χ0n) is 5.38. The Morgan fingerprint density at radius 3 is 2.80 bits per heavy atom. The molecule has 2 N–H and O–H groups in total. The van der Waals surface area contributed by atoms with Crippen molar-refractivity contribution in [3.8, 4) is 0 Å². The van der Waals surface area contributed by atoms with E-state index in [9.17, 15) is 4.39 Å². The highest BCUT2D eigenvalue weighted by Crippen LogP contribution is 2.19. The average Bonchev–Trinajstić information content (AvgIpc) is 2.34. The van der Waals surface area contributed by atoms with E-state index in [1.54, 1.807) is 5.38 Å². The van der Waals surface area contributed by atoms with E-state index in [1.807, 2.05) is 0 Å². The standard InChI is InChI=1S/C7H8FNS/c1-2-7(9)5-3-10-4-6(5)8/h2-4,7H,1,9H2/t7-/m0/s1. The summed E-state index contributed by atoms with van der Waals surface area (Å²) >= 11 is 1.31. The van der Waals surface area contributed by atoms with E-state index in [4.69, 9.17) is 5.73 Å². The third kappa shape index (κ3) is 1.25. The second kappa shape index (κ2) is 2.94. The molecule has 0 aliphatic heterocycles. The number of halogens is 1. The van der Waals surface area contributed by atoms with Crippen molar-refractivity contribution in [2.45, 2.75) is 6.04 Å². The number of rotatable bonds is 2. The lowest BCUT2D eigenvalue weighted by atomic mass is 10.1. The van der Waals surface area contributed by atoms with Crippen molar-refractivity contribution in [3.63, 3.8) is 0 Å². The minimum Gasteiger partial charge on any atom is -0.321 e. The molecule has 0 saturated heterocycles. The van der Waals surface area contributed by atoms with Gasteiger partial charge in [-0.1, -0.05) is 6.08 Å². The SMILES string of the molecule is C=C[C@H](N)c1cscc1F. The van der Waals surface area contributed by atoms with Crippen molar-refractivity contribution < 1.29 is 4.39 Å². The molecule has 1 aromatic rings. The first-order chi connectivity index (χ1) is 4.75. The fourth-order valence-electron chi connectivity index (χ4n) is 0.656. The van der Waals surface area contributed by atoms with Crippen molar-refractivity contribution >= 4 is 11.3 Å². The normalized spacial score (nSPS) is 13.0. The third-order valence-corrected chi connectivity index (χ3v) is 1.99. The Balaban J connectivity index is 2.92. The molecule has 0 spiro atoms. The topological polar surface area (TPSA) is 26.0 Å². The molecule has 1 rings (SSSR count). The summed E-state index contributed by atoms with van der Waals surface area (Å²) in [6.45, 7) is 3.47. The minimum absolute atomic E-state index is 0.239. The lowest BCUT2D eigenvalue weighted by Gasteiger charge is -2.01. The maximum atomic E-state index is 12.7. The summed E-state index contributed by atoms with van der Waals surface area (Å²) in [5.41, 5.74) is 6.02. The molecule has 1 aromatic heterocycles. The van der Waals surface area contributed by atoms with Gasteiger partial charge in [-0.15, -0.1) is 17.9 Å². The maximum absolute atomic E-state index is 12.7. The Bertz CT molecular complexity index is 231. The van der Waals surface area contributed by atoms with Crippen LogP contribution in [0.5, 0.6) is 0 Å². The molecule has 0 aliphatic rings. The third-order valence-electron chi connectivity index (χ3n) is 1.26. The van der Waals surface area contributed by atoms with Crippen LogP contribution in [0.25, 0.3) is 0 Å². The number of hydrogen-bond acceptors (Lipinski definition) is 2. The first-order valence-electron chi connectivity index (χ1n) is 2.85. The molecule has 0 bridgehead atoms. The Labute approximate surface area is 63.0 Å². The highest BCUT2D eigenvalue weighted by atomic mass is 32.1. The van der Waals surface area contributed by atoms with Crippen LogP contribution in [0.1, 0.15) is 11.6 Å². The van der Waals surface area contributed by atoms with E-state index in [1.165, 1.54) is 22.8 Å². The van der Waals surface area contributed by atoms with E-state index < -0.39 is 0 Å². The van der Waals surface area contributed by atoms with Gasteiger partial charge in [0.05, 0.1) is 6.04 Å². The summed E-state index contributed by atoms with van der Waals surface area (Å²) in [4.78, 5) is 0. The van der Waals surface area contributed by atoms with Gasteiger partial charge in [0.15, 0.2) is 0 Å². The van der Waals surface area contributed by atoms with Crippen LogP contribution < -0.4 is 5.73 Å². The van der Waals surface area contributed by atoms with Crippen LogP contribution in [0.4, 0.5) is 4.39 Å². The fourth-order valence-corrected chi connectivity index (χ4v) is 1.40. The summed E-state index contributed by atoms with van der Waals surface area (Å²) in [7, 11) is 0. The van der Waals surface area contributed by atoms with Crippen molar-refractivity contribution in [1.29, 1.82) is 0 Å². The molecule has 3 heteroatoms. The van der Waals surface area contributed by atoms with Crippen molar-refractivity contribution in [1.82, 2.24) is 0 Å². The number of thiophene rings is 1. The van der Waals surface area contributed by atoms with Gasteiger partial charge < -0.3 is 5.73 Å². The molecular weight excluding hydrogens is 149 g/mol. The Morgan fingerprint density at radius 1 is 1.70 bits per heavy atom. The van der Waals surface area contributed by atoms with Crippen LogP contribution in [-0.4, -0.2) is 0 Å². The maximum Gasteiger partial charge on any atom is 0.138 e. The molecule has 0 aliphatic carbocycles. The predicted octanol–water partition coefficient (Wildman–Crippen LogP) is 2.07. The molecule has 0 saturated carbocycles. The summed E-state index contributed by atoms with van der Waals surface area (Å²) in [5.74, 6) is -0.239. The van der Waals surface area contributed by atoms with Crippen LogP contribution in [0.2, 0.25) is 0 Å². The molecule has 1 heterocycles. The van der Waals surface area contributed by atoms with E-state index in [0.717, 1.165) is 0 Å². The highest BCUT2D eigenvalue weighted by molar-refractivity contribution is 7.08. The van der Waals surface area contributed by atoms with E-state index in [0.29, 0.717) is 5.56 Å². The molecule has 0 amide bonds. The Kier molecular flexibility index (Phi) is 2.19. The van der Waals surface area contributed by atoms with Crippen LogP contribution >= 0.6 is 11.3 Å². The molecule has 10 heavy (non-hydrogen) atoms. The summed E-state index contributed by atoms with van der Waals surface area (Å²) in [6.07, 6.45) is 1.52.